The quantitative estimate of drug-likeness (QED) is 0.577. The molecule has 0 radical (unpaired) electrons. The van der Waals surface area contributed by atoms with Gasteiger partial charge >= 0.3 is 0 Å². The molecule has 180 valence electrons. The van der Waals surface area contributed by atoms with Gasteiger partial charge in [0.25, 0.3) is 0 Å². The molecule has 6 heteroatoms. The summed E-state index contributed by atoms with van der Waals surface area (Å²) >= 11 is 0. The van der Waals surface area contributed by atoms with E-state index in [1.165, 1.54) is 19.3 Å². The standard InChI is InChI=1S/C28H35N3O3/c1-33-26-9-5-8-25(18-26)27(34-21-23-12-10-22(19-29)11-13-23)20-30-14-16-31(17-15-30)28(32)24-6-3-2-4-7-24/h5,8-13,18,24,27H,2-4,6-7,14-17,20-21H2,1H3/t27-/m0/s1. The molecular weight excluding hydrogens is 426 g/mol. The molecule has 1 aliphatic heterocycles. The fourth-order valence-electron chi connectivity index (χ4n) is 4.96. The molecule has 2 aromatic rings. The van der Waals surface area contributed by atoms with Crippen LogP contribution in [0, 0.1) is 17.2 Å². The zero-order chi connectivity index (χ0) is 23.8. The highest BCUT2D eigenvalue weighted by molar-refractivity contribution is 5.79. The molecule has 1 saturated heterocycles. The van der Waals surface area contributed by atoms with Crippen LogP contribution >= 0.6 is 0 Å². The average molecular weight is 462 g/mol. The normalized spacial score (nSPS) is 18.3. The van der Waals surface area contributed by atoms with E-state index in [-0.39, 0.29) is 12.0 Å². The minimum atomic E-state index is -0.119. The number of piperazine rings is 1. The van der Waals surface area contributed by atoms with E-state index in [1.807, 2.05) is 42.5 Å². The topological polar surface area (TPSA) is 65.8 Å². The van der Waals surface area contributed by atoms with E-state index in [0.717, 1.165) is 62.4 Å². The maximum absolute atomic E-state index is 12.9. The Bertz CT molecular complexity index is 971. The van der Waals surface area contributed by atoms with Gasteiger partial charge in [0.2, 0.25) is 5.91 Å². The summed E-state index contributed by atoms with van der Waals surface area (Å²) in [4.78, 5) is 17.4. The number of amides is 1. The van der Waals surface area contributed by atoms with Crippen molar-refractivity contribution in [3.05, 3.63) is 65.2 Å². The lowest BCUT2D eigenvalue weighted by Crippen LogP contribution is -2.51. The average Bonchev–Trinajstić information content (AvgIpc) is 2.91. The summed E-state index contributed by atoms with van der Waals surface area (Å²) in [5.41, 5.74) is 2.76. The molecule has 4 rings (SSSR count). The number of carbonyl (C=O) groups excluding carboxylic acids is 1. The van der Waals surface area contributed by atoms with Gasteiger partial charge in [-0.2, -0.15) is 5.26 Å². The van der Waals surface area contributed by atoms with Crippen molar-refractivity contribution in [2.75, 3.05) is 39.8 Å². The molecule has 1 amide bonds. The van der Waals surface area contributed by atoms with Gasteiger partial charge in [0.05, 0.1) is 31.5 Å². The number of ether oxygens (including phenoxy) is 2. The monoisotopic (exact) mass is 461 g/mol. The number of hydrogen-bond acceptors (Lipinski definition) is 5. The number of nitriles is 1. The summed E-state index contributed by atoms with van der Waals surface area (Å²) < 4.78 is 11.8. The number of methoxy groups -OCH3 is 1. The predicted octanol–water partition coefficient (Wildman–Crippen LogP) is 4.55. The molecule has 1 aliphatic carbocycles. The number of carbonyl (C=O) groups is 1. The van der Waals surface area contributed by atoms with E-state index in [4.69, 9.17) is 14.7 Å². The number of benzene rings is 2. The summed E-state index contributed by atoms with van der Waals surface area (Å²) in [6.07, 6.45) is 5.64. The van der Waals surface area contributed by atoms with E-state index in [1.54, 1.807) is 7.11 Å². The van der Waals surface area contributed by atoms with Gasteiger partial charge in [-0.05, 0) is 48.2 Å². The highest BCUT2D eigenvalue weighted by Crippen LogP contribution is 2.27. The van der Waals surface area contributed by atoms with Gasteiger partial charge in [-0.25, -0.2) is 0 Å². The van der Waals surface area contributed by atoms with Crippen LogP contribution in [-0.2, 0) is 16.1 Å². The van der Waals surface area contributed by atoms with Crippen molar-refractivity contribution >= 4 is 5.91 Å². The van der Waals surface area contributed by atoms with E-state index in [0.29, 0.717) is 18.1 Å². The third-order valence-electron chi connectivity index (χ3n) is 7.06. The molecule has 0 bridgehead atoms. The lowest BCUT2D eigenvalue weighted by Gasteiger charge is -2.38. The fourth-order valence-corrected chi connectivity index (χ4v) is 4.96. The van der Waals surface area contributed by atoms with Gasteiger partial charge in [-0.15, -0.1) is 0 Å². The van der Waals surface area contributed by atoms with Gasteiger partial charge in [0, 0.05) is 38.6 Å². The van der Waals surface area contributed by atoms with Gasteiger partial charge in [0.1, 0.15) is 5.75 Å². The van der Waals surface area contributed by atoms with Crippen molar-refractivity contribution in [1.29, 1.82) is 5.26 Å². The van der Waals surface area contributed by atoms with Crippen molar-refractivity contribution in [3.63, 3.8) is 0 Å². The van der Waals surface area contributed by atoms with Crippen LogP contribution < -0.4 is 4.74 Å². The minimum Gasteiger partial charge on any atom is -0.497 e. The molecule has 0 spiro atoms. The molecule has 2 fully saturated rings. The van der Waals surface area contributed by atoms with Crippen LogP contribution in [0.5, 0.6) is 5.75 Å². The molecule has 0 unspecified atom stereocenters. The zero-order valence-electron chi connectivity index (χ0n) is 20.1. The first-order valence-corrected chi connectivity index (χ1v) is 12.4. The smallest absolute Gasteiger partial charge is 0.225 e. The second kappa shape index (κ2) is 12.0. The van der Waals surface area contributed by atoms with Crippen LogP contribution in [0.2, 0.25) is 0 Å². The molecule has 2 aliphatic rings. The van der Waals surface area contributed by atoms with Crippen molar-refractivity contribution in [1.82, 2.24) is 9.80 Å². The van der Waals surface area contributed by atoms with Crippen molar-refractivity contribution in [2.24, 2.45) is 5.92 Å². The first-order chi connectivity index (χ1) is 16.7. The molecule has 6 nitrogen and oxygen atoms in total. The second-order valence-corrected chi connectivity index (χ2v) is 9.35. The molecule has 34 heavy (non-hydrogen) atoms. The minimum absolute atomic E-state index is 0.119. The molecule has 0 aromatic heterocycles. The molecule has 2 aromatic carbocycles. The first-order valence-electron chi connectivity index (χ1n) is 12.4. The van der Waals surface area contributed by atoms with E-state index in [2.05, 4.69) is 21.9 Å². The van der Waals surface area contributed by atoms with Crippen molar-refractivity contribution in [2.45, 2.75) is 44.8 Å². The Morgan fingerprint density at radius 3 is 2.47 bits per heavy atom. The van der Waals surface area contributed by atoms with Gasteiger partial charge < -0.3 is 14.4 Å². The van der Waals surface area contributed by atoms with Crippen LogP contribution in [0.4, 0.5) is 0 Å². The van der Waals surface area contributed by atoms with Crippen molar-refractivity contribution in [3.8, 4) is 11.8 Å². The SMILES string of the molecule is COc1cccc([C@H](CN2CCN(C(=O)C3CCCCC3)CC2)OCc2ccc(C#N)cc2)c1. The Labute approximate surface area is 203 Å². The fraction of sp³-hybridized carbons (Fsp3) is 0.500. The third-order valence-corrected chi connectivity index (χ3v) is 7.06. The van der Waals surface area contributed by atoms with E-state index in [9.17, 15) is 4.79 Å². The summed E-state index contributed by atoms with van der Waals surface area (Å²) in [5, 5.41) is 9.03. The largest absolute Gasteiger partial charge is 0.497 e. The Hall–Kier alpha value is -2.88. The Morgan fingerprint density at radius 1 is 1.06 bits per heavy atom. The summed E-state index contributed by atoms with van der Waals surface area (Å²) in [7, 11) is 1.67. The number of rotatable bonds is 8. The number of nitrogens with zero attached hydrogens (tertiary/aromatic N) is 3. The van der Waals surface area contributed by atoms with E-state index < -0.39 is 0 Å². The zero-order valence-corrected chi connectivity index (χ0v) is 20.1. The molecule has 1 heterocycles. The van der Waals surface area contributed by atoms with Crippen LogP contribution in [0.3, 0.4) is 0 Å². The first kappa shape index (κ1) is 24.3. The Kier molecular flexibility index (Phi) is 8.56. The Balaban J connectivity index is 1.38. The van der Waals surface area contributed by atoms with Crippen LogP contribution in [0.1, 0.15) is 54.9 Å². The third kappa shape index (κ3) is 6.37. The van der Waals surface area contributed by atoms with Crippen LogP contribution in [0.25, 0.3) is 0 Å². The molecule has 1 atom stereocenters. The van der Waals surface area contributed by atoms with Crippen LogP contribution in [0.15, 0.2) is 48.5 Å². The Morgan fingerprint density at radius 2 is 1.79 bits per heavy atom. The molecule has 0 N–H and O–H groups in total. The molecule has 1 saturated carbocycles. The van der Waals surface area contributed by atoms with Gasteiger partial charge in [0.15, 0.2) is 0 Å². The van der Waals surface area contributed by atoms with Crippen LogP contribution in [-0.4, -0.2) is 55.5 Å². The summed E-state index contributed by atoms with van der Waals surface area (Å²) in [6, 6.07) is 17.7. The summed E-state index contributed by atoms with van der Waals surface area (Å²) in [5.74, 6) is 1.41. The lowest BCUT2D eigenvalue weighted by molar-refractivity contribution is -0.138. The number of hydrogen-bond donors (Lipinski definition) is 0. The van der Waals surface area contributed by atoms with Gasteiger partial charge in [-0.3, -0.25) is 9.69 Å². The summed E-state index contributed by atoms with van der Waals surface area (Å²) in [6.45, 7) is 4.52. The van der Waals surface area contributed by atoms with Crippen molar-refractivity contribution < 1.29 is 14.3 Å². The maximum Gasteiger partial charge on any atom is 0.225 e. The maximum atomic E-state index is 12.9. The highest BCUT2D eigenvalue weighted by atomic mass is 16.5. The van der Waals surface area contributed by atoms with E-state index >= 15 is 0 Å². The predicted molar refractivity (Wildman–Crippen MR) is 131 cm³/mol. The second-order valence-electron chi connectivity index (χ2n) is 9.35. The molecular formula is C28H35N3O3. The van der Waals surface area contributed by atoms with Gasteiger partial charge in [-0.1, -0.05) is 43.5 Å². The highest BCUT2D eigenvalue weighted by Gasteiger charge is 2.29. The lowest BCUT2D eigenvalue weighted by atomic mass is 9.88.